The summed E-state index contributed by atoms with van der Waals surface area (Å²) in [4.78, 5) is 3.99. The average Bonchev–Trinajstić information content (AvgIpc) is 2.99. The summed E-state index contributed by atoms with van der Waals surface area (Å²) < 4.78 is 30.4. The molecule has 1 aliphatic rings. The monoisotopic (exact) mass is 257 g/mol. The van der Waals surface area contributed by atoms with E-state index >= 15 is 0 Å². The van der Waals surface area contributed by atoms with Crippen LogP contribution in [0.5, 0.6) is 5.75 Å². The molecule has 0 spiro atoms. The lowest BCUT2D eigenvalue weighted by Crippen LogP contribution is -2.13. The fraction of sp³-hybridized carbons (Fsp3) is 0.500. The zero-order valence-electron chi connectivity index (χ0n) is 9.73. The molecule has 1 aromatic rings. The maximum absolute atomic E-state index is 11.2. The highest BCUT2D eigenvalue weighted by Crippen LogP contribution is 2.35. The van der Waals surface area contributed by atoms with Crippen LogP contribution >= 0.6 is 0 Å². The van der Waals surface area contributed by atoms with E-state index in [0.29, 0.717) is 11.4 Å². The minimum atomic E-state index is -3.35. The first-order valence-corrected chi connectivity index (χ1v) is 7.20. The van der Waals surface area contributed by atoms with Gasteiger partial charge in [-0.2, -0.15) is 0 Å². The Kier molecular flexibility index (Phi) is 3.10. The molecule has 0 aliphatic heterocycles. The minimum Gasteiger partial charge on any atom is -0.488 e. The molecule has 1 saturated carbocycles. The summed E-state index contributed by atoms with van der Waals surface area (Å²) in [7, 11) is -1.65. The van der Waals surface area contributed by atoms with Crippen LogP contribution in [0.25, 0.3) is 0 Å². The molecular weight excluding hydrogens is 242 g/mol. The molecule has 2 N–H and O–H groups in total. The topological polar surface area (TPSA) is 80.3 Å². The Balaban J connectivity index is 2.30. The summed E-state index contributed by atoms with van der Waals surface area (Å²) in [5, 5.41) is 2.91. The van der Waals surface area contributed by atoms with Crippen LogP contribution in [0.15, 0.2) is 12.3 Å². The minimum absolute atomic E-state index is 0.246. The van der Waals surface area contributed by atoms with Crippen LogP contribution in [0.1, 0.15) is 12.8 Å². The molecule has 0 saturated heterocycles. The highest BCUT2D eigenvalue weighted by atomic mass is 32.2. The normalized spacial score (nSPS) is 15.4. The van der Waals surface area contributed by atoms with Gasteiger partial charge in [-0.3, -0.25) is 4.72 Å². The van der Waals surface area contributed by atoms with E-state index in [1.807, 2.05) is 0 Å². The molecule has 0 unspecified atom stereocenters. The number of hydrogen-bond acceptors (Lipinski definition) is 5. The van der Waals surface area contributed by atoms with Crippen LogP contribution in [0, 0.1) is 0 Å². The van der Waals surface area contributed by atoms with Gasteiger partial charge < -0.3 is 10.1 Å². The number of hydrogen-bond donors (Lipinski definition) is 2. The number of nitrogens with zero attached hydrogens (tertiary/aromatic N) is 1. The molecule has 7 heteroatoms. The third kappa shape index (κ3) is 3.23. The van der Waals surface area contributed by atoms with Crippen LogP contribution in [0.2, 0.25) is 0 Å². The van der Waals surface area contributed by atoms with Gasteiger partial charge in [-0.05, 0) is 12.8 Å². The molecule has 1 aromatic heterocycles. The molecule has 0 bridgehead atoms. The number of ether oxygens (including phenoxy) is 1. The lowest BCUT2D eigenvalue weighted by Gasteiger charge is -2.14. The maximum Gasteiger partial charge on any atom is 0.231 e. The predicted octanol–water partition coefficient (Wildman–Crippen LogP) is 1.04. The maximum atomic E-state index is 11.2. The number of anilines is 2. The smallest absolute Gasteiger partial charge is 0.231 e. The van der Waals surface area contributed by atoms with E-state index in [1.54, 1.807) is 13.1 Å². The third-order valence-electron chi connectivity index (χ3n) is 2.26. The van der Waals surface area contributed by atoms with Gasteiger partial charge in [0, 0.05) is 19.3 Å². The van der Waals surface area contributed by atoms with Gasteiger partial charge in [0.2, 0.25) is 10.0 Å². The summed E-state index contributed by atoms with van der Waals surface area (Å²) in [6.45, 7) is 0. The summed E-state index contributed by atoms with van der Waals surface area (Å²) in [6.07, 6.45) is 4.94. The van der Waals surface area contributed by atoms with Gasteiger partial charge in [-0.25, -0.2) is 13.4 Å². The molecule has 0 aromatic carbocycles. The summed E-state index contributed by atoms with van der Waals surface area (Å²) in [5.74, 6) is 0.879. The Labute approximate surface area is 100 Å². The standard InChI is InChI=1S/C10H15N3O3S/c1-11-9-8(16-7-3-4-7)5-6-12-10(9)13-17(2,14)15/h5-7,11H,3-4H2,1-2H3,(H,12,13). The molecule has 1 fully saturated rings. The van der Waals surface area contributed by atoms with Crippen molar-refractivity contribution in [2.45, 2.75) is 18.9 Å². The van der Waals surface area contributed by atoms with E-state index in [4.69, 9.17) is 4.74 Å². The Hall–Kier alpha value is -1.50. The zero-order chi connectivity index (χ0) is 12.5. The van der Waals surface area contributed by atoms with Crippen LogP contribution in [0.3, 0.4) is 0 Å². The molecule has 2 rings (SSSR count). The van der Waals surface area contributed by atoms with Crippen LogP contribution in [-0.4, -0.2) is 32.8 Å². The van der Waals surface area contributed by atoms with Crippen molar-refractivity contribution >= 4 is 21.5 Å². The van der Waals surface area contributed by atoms with Crippen molar-refractivity contribution < 1.29 is 13.2 Å². The molecule has 0 atom stereocenters. The van der Waals surface area contributed by atoms with Crippen molar-refractivity contribution in [3.63, 3.8) is 0 Å². The van der Waals surface area contributed by atoms with Gasteiger partial charge in [-0.15, -0.1) is 0 Å². The van der Waals surface area contributed by atoms with Crippen molar-refractivity contribution in [1.82, 2.24) is 4.98 Å². The molecule has 0 radical (unpaired) electrons. The third-order valence-corrected chi connectivity index (χ3v) is 2.83. The summed E-state index contributed by atoms with van der Waals surface area (Å²) in [5.41, 5.74) is 0.560. The van der Waals surface area contributed by atoms with Crippen LogP contribution in [0.4, 0.5) is 11.5 Å². The fourth-order valence-corrected chi connectivity index (χ4v) is 1.91. The molecule has 94 valence electrons. The molecular formula is C10H15N3O3S. The number of pyridine rings is 1. The van der Waals surface area contributed by atoms with Crippen molar-refractivity contribution in [3.8, 4) is 5.75 Å². The first kappa shape index (κ1) is 12.0. The second-order valence-corrected chi connectivity index (χ2v) is 5.72. The van der Waals surface area contributed by atoms with Gasteiger partial charge in [0.25, 0.3) is 0 Å². The van der Waals surface area contributed by atoms with Gasteiger partial charge in [-0.1, -0.05) is 0 Å². The second-order valence-electron chi connectivity index (χ2n) is 3.97. The van der Waals surface area contributed by atoms with E-state index in [0.717, 1.165) is 19.1 Å². The van der Waals surface area contributed by atoms with Crippen LogP contribution in [-0.2, 0) is 10.0 Å². The Bertz CT molecular complexity index is 512. The van der Waals surface area contributed by atoms with E-state index in [9.17, 15) is 8.42 Å². The fourth-order valence-electron chi connectivity index (χ4n) is 1.40. The molecule has 1 aliphatic carbocycles. The number of aromatic nitrogens is 1. The van der Waals surface area contributed by atoms with E-state index in [2.05, 4.69) is 15.0 Å². The summed E-state index contributed by atoms with van der Waals surface area (Å²) >= 11 is 0. The highest BCUT2D eigenvalue weighted by Gasteiger charge is 2.25. The number of rotatable bonds is 5. The largest absolute Gasteiger partial charge is 0.488 e. The van der Waals surface area contributed by atoms with E-state index < -0.39 is 10.0 Å². The molecule has 0 amide bonds. The summed E-state index contributed by atoms with van der Waals surface area (Å²) in [6, 6.07) is 1.72. The predicted molar refractivity (Wildman–Crippen MR) is 65.9 cm³/mol. The SMILES string of the molecule is CNc1c(OC2CC2)ccnc1NS(C)(=O)=O. The lowest BCUT2D eigenvalue weighted by atomic mass is 10.3. The first-order valence-electron chi connectivity index (χ1n) is 5.31. The second kappa shape index (κ2) is 4.40. The van der Waals surface area contributed by atoms with E-state index in [1.165, 1.54) is 6.20 Å². The van der Waals surface area contributed by atoms with Crippen molar-refractivity contribution in [3.05, 3.63) is 12.3 Å². The quantitative estimate of drug-likeness (QED) is 0.823. The number of nitrogens with one attached hydrogen (secondary N) is 2. The van der Waals surface area contributed by atoms with Crippen molar-refractivity contribution in [1.29, 1.82) is 0 Å². The Morgan fingerprint density at radius 3 is 2.71 bits per heavy atom. The van der Waals surface area contributed by atoms with Gasteiger partial charge in [0.1, 0.15) is 11.4 Å². The first-order chi connectivity index (χ1) is 7.99. The van der Waals surface area contributed by atoms with Crippen molar-refractivity contribution in [2.75, 3.05) is 23.3 Å². The lowest BCUT2D eigenvalue weighted by molar-refractivity contribution is 0.304. The molecule has 6 nitrogen and oxygen atoms in total. The van der Waals surface area contributed by atoms with Crippen LogP contribution < -0.4 is 14.8 Å². The van der Waals surface area contributed by atoms with Gasteiger partial charge in [0.15, 0.2) is 5.82 Å². The Morgan fingerprint density at radius 2 is 2.18 bits per heavy atom. The highest BCUT2D eigenvalue weighted by molar-refractivity contribution is 7.92. The van der Waals surface area contributed by atoms with E-state index in [-0.39, 0.29) is 11.9 Å². The van der Waals surface area contributed by atoms with Crippen molar-refractivity contribution in [2.24, 2.45) is 0 Å². The molecule has 17 heavy (non-hydrogen) atoms. The van der Waals surface area contributed by atoms with Gasteiger partial charge >= 0.3 is 0 Å². The Morgan fingerprint density at radius 1 is 1.47 bits per heavy atom. The number of sulfonamides is 1. The van der Waals surface area contributed by atoms with Gasteiger partial charge in [0.05, 0.1) is 12.4 Å². The average molecular weight is 257 g/mol. The zero-order valence-corrected chi connectivity index (χ0v) is 10.5. The molecule has 1 heterocycles.